The van der Waals surface area contributed by atoms with Crippen molar-refractivity contribution >= 4 is 0 Å². The topological polar surface area (TPSA) is 32.3 Å². The summed E-state index contributed by atoms with van der Waals surface area (Å²) in [6.45, 7) is 3.85. The molecule has 2 nitrogen and oxygen atoms in total. The molecule has 2 N–H and O–H groups in total. The molecule has 1 rings (SSSR count). The predicted octanol–water partition coefficient (Wildman–Crippen LogP) is 2.25. The molecule has 0 aliphatic carbocycles. The van der Waals surface area contributed by atoms with Crippen LogP contribution in [0, 0.1) is 5.82 Å². The zero-order valence-electron chi connectivity index (χ0n) is 9.04. The number of aliphatic hydroxyl groups excluding tert-OH is 1. The maximum Gasteiger partial charge on any atom is 0.123 e. The highest BCUT2D eigenvalue weighted by Crippen LogP contribution is 2.15. The summed E-state index contributed by atoms with van der Waals surface area (Å²) in [5, 5.41) is 13.0. The fourth-order valence-electron chi connectivity index (χ4n) is 1.39. The molecule has 0 aliphatic heterocycles. The first kappa shape index (κ1) is 12.1. The van der Waals surface area contributed by atoms with Gasteiger partial charge < -0.3 is 10.4 Å². The van der Waals surface area contributed by atoms with E-state index in [9.17, 15) is 9.50 Å². The van der Waals surface area contributed by atoms with Gasteiger partial charge in [0.2, 0.25) is 0 Å². The second-order valence-corrected chi connectivity index (χ2v) is 3.61. The monoisotopic (exact) mass is 211 g/mol. The average molecular weight is 211 g/mol. The Labute approximate surface area is 90.1 Å². The number of aliphatic hydroxyl groups is 1. The first-order valence-corrected chi connectivity index (χ1v) is 5.38. The van der Waals surface area contributed by atoms with Crippen LogP contribution in [-0.4, -0.2) is 18.2 Å². The van der Waals surface area contributed by atoms with Crippen LogP contribution in [0.4, 0.5) is 4.39 Å². The van der Waals surface area contributed by atoms with Crippen molar-refractivity contribution in [3.63, 3.8) is 0 Å². The van der Waals surface area contributed by atoms with Crippen LogP contribution in [0.5, 0.6) is 0 Å². The van der Waals surface area contributed by atoms with Crippen molar-refractivity contribution in [1.29, 1.82) is 0 Å². The Morgan fingerprint density at radius 3 is 2.53 bits per heavy atom. The van der Waals surface area contributed by atoms with Gasteiger partial charge in [0.1, 0.15) is 5.82 Å². The van der Waals surface area contributed by atoms with Gasteiger partial charge in [0, 0.05) is 0 Å². The third-order valence-corrected chi connectivity index (χ3v) is 2.28. The fourth-order valence-corrected chi connectivity index (χ4v) is 1.39. The summed E-state index contributed by atoms with van der Waals surface area (Å²) in [7, 11) is 0. The fraction of sp³-hybridized carbons (Fsp3) is 0.500. The van der Waals surface area contributed by atoms with Crippen molar-refractivity contribution in [2.24, 2.45) is 0 Å². The van der Waals surface area contributed by atoms with E-state index in [4.69, 9.17) is 0 Å². The van der Waals surface area contributed by atoms with Gasteiger partial charge in [0.05, 0.1) is 6.10 Å². The van der Waals surface area contributed by atoms with Gasteiger partial charge in [0.25, 0.3) is 0 Å². The summed E-state index contributed by atoms with van der Waals surface area (Å²) in [6, 6.07) is 6.00. The Morgan fingerprint density at radius 1 is 1.27 bits per heavy atom. The molecule has 0 bridgehead atoms. The first-order valence-electron chi connectivity index (χ1n) is 5.38. The first-order chi connectivity index (χ1) is 7.24. The standard InChI is InChI=1S/C12H18FNO/c1-2-8-14-9-7-12(15)10-3-5-11(13)6-4-10/h3-6,12,14-15H,2,7-9H2,1H3. The summed E-state index contributed by atoms with van der Waals surface area (Å²) >= 11 is 0. The lowest BCUT2D eigenvalue weighted by Crippen LogP contribution is -2.18. The molecule has 0 fully saturated rings. The molecule has 1 unspecified atom stereocenters. The minimum atomic E-state index is -0.505. The van der Waals surface area contributed by atoms with Crippen molar-refractivity contribution in [2.75, 3.05) is 13.1 Å². The van der Waals surface area contributed by atoms with E-state index in [2.05, 4.69) is 12.2 Å². The second-order valence-electron chi connectivity index (χ2n) is 3.61. The van der Waals surface area contributed by atoms with E-state index < -0.39 is 6.10 Å². The third-order valence-electron chi connectivity index (χ3n) is 2.28. The van der Waals surface area contributed by atoms with Gasteiger partial charge in [-0.1, -0.05) is 19.1 Å². The van der Waals surface area contributed by atoms with Crippen molar-refractivity contribution < 1.29 is 9.50 Å². The van der Waals surface area contributed by atoms with E-state index in [1.54, 1.807) is 12.1 Å². The van der Waals surface area contributed by atoms with E-state index in [0.29, 0.717) is 6.42 Å². The molecule has 3 heteroatoms. The van der Waals surface area contributed by atoms with Crippen molar-refractivity contribution in [3.8, 4) is 0 Å². The van der Waals surface area contributed by atoms with Crippen LogP contribution >= 0.6 is 0 Å². The largest absolute Gasteiger partial charge is 0.388 e. The second kappa shape index (κ2) is 6.53. The Balaban J connectivity index is 2.33. The number of rotatable bonds is 6. The lowest BCUT2D eigenvalue weighted by Gasteiger charge is -2.11. The van der Waals surface area contributed by atoms with Crippen LogP contribution in [0.1, 0.15) is 31.4 Å². The predicted molar refractivity (Wildman–Crippen MR) is 59.1 cm³/mol. The lowest BCUT2D eigenvalue weighted by atomic mass is 10.1. The Hall–Kier alpha value is -0.930. The molecular weight excluding hydrogens is 193 g/mol. The number of halogens is 1. The van der Waals surface area contributed by atoms with Gasteiger partial charge in [-0.05, 0) is 43.6 Å². The molecule has 1 aromatic rings. The van der Waals surface area contributed by atoms with Crippen molar-refractivity contribution in [2.45, 2.75) is 25.9 Å². The zero-order chi connectivity index (χ0) is 11.1. The van der Waals surface area contributed by atoms with Gasteiger partial charge in [-0.3, -0.25) is 0 Å². The normalized spacial score (nSPS) is 12.7. The van der Waals surface area contributed by atoms with Gasteiger partial charge in [-0.15, -0.1) is 0 Å². The van der Waals surface area contributed by atoms with Crippen LogP contribution in [0.15, 0.2) is 24.3 Å². The third kappa shape index (κ3) is 4.40. The molecule has 0 saturated heterocycles. The summed E-state index contributed by atoms with van der Waals surface area (Å²) in [5.41, 5.74) is 0.773. The highest BCUT2D eigenvalue weighted by atomic mass is 19.1. The number of nitrogens with one attached hydrogen (secondary N) is 1. The summed E-state index contributed by atoms with van der Waals surface area (Å²) in [6.07, 6.45) is 1.24. The van der Waals surface area contributed by atoms with E-state index in [1.807, 2.05) is 0 Å². The average Bonchev–Trinajstić information content (AvgIpc) is 2.25. The highest BCUT2D eigenvalue weighted by molar-refractivity contribution is 5.18. The summed E-state index contributed by atoms with van der Waals surface area (Å²) in [5.74, 6) is -0.268. The van der Waals surface area contributed by atoms with E-state index in [1.165, 1.54) is 12.1 Å². The van der Waals surface area contributed by atoms with Gasteiger partial charge in [-0.25, -0.2) is 4.39 Å². The number of benzene rings is 1. The smallest absolute Gasteiger partial charge is 0.123 e. The molecule has 1 atom stereocenters. The maximum absolute atomic E-state index is 12.6. The molecule has 0 aromatic heterocycles. The molecule has 15 heavy (non-hydrogen) atoms. The number of hydrogen-bond donors (Lipinski definition) is 2. The van der Waals surface area contributed by atoms with Gasteiger partial charge in [-0.2, -0.15) is 0 Å². The molecule has 0 spiro atoms. The zero-order valence-corrected chi connectivity index (χ0v) is 9.04. The van der Waals surface area contributed by atoms with Crippen LogP contribution in [0.2, 0.25) is 0 Å². The minimum absolute atomic E-state index is 0.268. The molecule has 0 saturated carbocycles. The lowest BCUT2D eigenvalue weighted by molar-refractivity contribution is 0.167. The van der Waals surface area contributed by atoms with Crippen LogP contribution in [0.3, 0.4) is 0 Å². The molecular formula is C12H18FNO. The minimum Gasteiger partial charge on any atom is -0.388 e. The van der Waals surface area contributed by atoms with Gasteiger partial charge in [0.15, 0.2) is 0 Å². The summed E-state index contributed by atoms with van der Waals surface area (Å²) < 4.78 is 12.6. The quantitative estimate of drug-likeness (QED) is 0.707. The summed E-state index contributed by atoms with van der Waals surface area (Å²) in [4.78, 5) is 0. The van der Waals surface area contributed by atoms with Crippen LogP contribution < -0.4 is 5.32 Å². The number of hydrogen-bond acceptors (Lipinski definition) is 2. The van der Waals surface area contributed by atoms with E-state index >= 15 is 0 Å². The molecule has 0 amide bonds. The van der Waals surface area contributed by atoms with Crippen LogP contribution in [0.25, 0.3) is 0 Å². The molecule has 0 radical (unpaired) electrons. The maximum atomic E-state index is 12.6. The molecule has 84 valence electrons. The van der Waals surface area contributed by atoms with Gasteiger partial charge >= 0.3 is 0 Å². The van der Waals surface area contributed by atoms with E-state index in [-0.39, 0.29) is 5.82 Å². The molecule has 1 aromatic carbocycles. The van der Waals surface area contributed by atoms with Crippen molar-refractivity contribution in [1.82, 2.24) is 5.32 Å². The van der Waals surface area contributed by atoms with E-state index in [0.717, 1.165) is 25.1 Å². The Bertz CT molecular complexity index is 273. The Kier molecular flexibility index (Phi) is 5.29. The molecule has 0 heterocycles. The Morgan fingerprint density at radius 2 is 1.93 bits per heavy atom. The van der Waals surface area contributed by atoms with Crippen molar-refractivity contribution in [3.05, 3.63) is 35.6 Å². The highest BCUT2D eigenvalue weighted by Gasteiger charge is 2.06. The molecule has 0 aliphatic rings. The van der Waals surface area contributed by atoms with Crippen LogP contribution in [-0.2, 0) is 0 Å². The SMILES string of the molecule is CCCNCCC(O)c1ccc(F)cc1.